The van der Waals surface area contributed by atoms with Crippen LogP contribution in [0.25, 0.3) is 11.4 Å². The summed E-state index contributed by atoms with van der Waals surface area (Å²) in [7, 11) is 1.57. The molecule has 8 heteroatoms. The number of anilines is 1. The SMILES string of the molecule is C=CCn1c(SCC(=O)Nc2ccccc2OC)nnc1-c1csc(C)c1. The van der Waals surface area contributed by atoms with Crippen LogP contribution in [0.4, 0.5) is 5.69 Å². The van der Waals surface area contributed by atoms with Gasteiger partial charge >= 0.3 is 0 Å². The van der Waals surface area contributed by atoms with Crippen molar-refractivity contribution in [3.63, 3.8) is 0 Å². The fourth-order valence-corrected chi connectivity index (χ4v) is 3.96. The zero-order chi connectivity index (χ0) is 19.2. The fraction of sp³-hybridized carbons (Fsp3) is 0.211. The van der Waals surface area contributed by atoms with Crippen molar-refractivity contribution in [3.05, 3.63) is 53.2 Å². The molecule has 2 heterocycles. The van der Waals surface area contributed by atoms with Gasteiger partial charge in [0.05, 0.1) is 18.6 Å². The van der Waals surface area contributed by atoms with E-state index in [1.54, 1.807) is 36.7 Å². The van der Waals surface area contributed by atoms with Crippen LogP contribution >= 0.6 is 23.1 Å². The number of thioether (sulfide) groups is 1. The summed E-state index contributed by atoms with van der Waals surface area (Å²) in [6.07, 6.45) is 1.80. The predicted molar refractivity (Wildman–Crippen MR) is 111 cm³/mol. The van der Waals surface area contributed by atoms with Gasteiger partial charge in [-0.05, 0) is 25.1 Å². The van der Waals surface area contributed by atoms with E-state index < -0.39 is 0 Å². The number of para-hydroxylation sites is 2. The second kappa shape index (κ2) is 8.88. The lowest BCUT2D eigenvalue weighted by atomic mass is 10.3. The first-order valence-corrected chi connectivity index (χ1v) is 10.1. The van der Waals surface area contributed by atoms with Gasteiger partial charge in [0.15, 0.2) is 11.0 Å². The maximum absolute atomic E-state index is 12.3. The summed E-state index contributed by atoms with van der Waals surface area (Å²) in [5, 5.41) is 14.2. The molecule has 3 rings (SSSR count). The van der Waals surface area contributed by atoms with Crippen LogP contribution in [0.5, 0.6) is 5.75 Å². The first kappa shape index (κ1) is 19.2. The summed E-state index contributed by atoms with van der Waals surface area (Å²) in [5.74, 6) is 1.49. The van der Waals surface area contributed by atoms with Gasteiger partial charge in [-0.15, -0.1) is 28.1 Å². The van der Waals surface area contributed by atoms with Crippen molar-refractivity contribution in [2.24, 2.45) is 0 Å². The zero-order valence-corrected chi connectivity index (χ0v) is 16.8. The highest BCUT2D eigenvalue weighted by Crippen LogP contribution is 2.28. The highest BCUT2D eigenvalue weighted by Gasteiger charge is 2.16. The van der Waals surface area contributed by atoms with Crippen LogP contribution in [0.2, 0.25) is 0 Å². The second-order valence-electron chi connectivity index (χ2n) is 5.69. The number of carbonyl (C=O) groups excluding carboxylic acids is 1. The van der Waals surface area contributed by atoms with E-state index in [9.17, 15) is 4.79 Å². The highest BCUT2D eigenvalue weighted by atomic mass is 32.2. The number of hydrogen-bond donors (Lipinski definition) is 1. The van der Waals surface area contributed by atoms with Gasteiger partial charge in [0.1, 0.15) is 5.75 Å². The summed E-state index contributed by atoms with van der Waals surface area (Å²) < 4.78 is 7.22. The fourth-order valence-electron chi connectivity index (χ4n) is 2.53. The molecule has 6 nitrogen and oxygen atoms in total. The Balaban J connectivity index is 1.71. The molecule has 0 fully saturated rings. The molecule has 1 aromatic carbocycles. The second-order valence-corrected chi connectivity index (χ2v) is 7.75. The number of nitrogens with zero attached hydrogens (tertiary/aromatic N) is 3. The van der Waals surface area contributed by atoms with Crippen LogP contribution in [-0.4, -0.2) is 33.5 Å². The van der Waals surface area contributed by atoms with Crippen molar-refractivity contribution in [2.75, 3.05) is 18.2 Å². The summed E-state index contributed by atoms with van der Waals surface area (Å²) in [4.78, 5) is 13.6. The third-order valence-electron chi connectivity index (χ3n) is 3.73. The number of methoxy groups -OCH3 is 1. The predicted octanol–water partition coefficient (Wildman–Crippen LogP) is 4.24. The van der Waals surface area contributed by atoms with Gasteiger partial charge in [-0.2, -0.15) is 0 Å². The lowest BCUT2D eigenvalue weighted by molar-refractivity contribution is -0.113. The van der Waals surface area contributed by atoms with E-state index in [0.717, 1.165) is 11.4 Å². The number of nitrogens with one attached hydrogen (secondary N) is 1. The van der Waals surface area contributed by atoms with E-state index in [-0.39, 0.29) is 11.7 Å². The smallest absolute Gasteiger partial charge is 0.234 e. The zero-order valence-electron chi connectivity index (χ0n) is 15.1. The Morgan fingerprint density at radius 3 is 2.93 bits per heavy atom. The molecule has 0 aliphatic carbocycles. The molecule has 140 valence electrons. The Morgan fingerprint density at radius 1 is 1.41 bits per heavy atom. The number of amides is 1. The average Bonchev–Trinajstić information content (AvgIpc) is 3.27. The Bertz CT molecular complexity index is 949. The molecule has 0 saturated heterocycles. The van der Waals surface area contributed by atoms with Crippen LogP contribution in [0.15, 0.2) is 53.5 Å². The standard InChI is InChI=1S/C19H20N4O2S2/c1-4-9-23-18(14-10-13(2)26-11-14)21-22-19(23)27-12-17(24)20-15-7-5-6-8-16(15)25-3/h4-8,10-11H,1,9,12H2,2-3H3,(H,20,24). The number of aryl methyl sites for hydroxylation is 1. The van der Waals surface area contributed by atoms with E-state index in [0.29, 0.717) is 23.1 Å². The third kappa shape index (κ3) is 4.58. The highest BCUT2D eigenvalue weighted by molar-refractivity contribution is 7.99. The largest absolute Gasteiger partial charge is 0.495 e. The van der Waals surface area contributed by atoms with Gasteiger partial charge in [-0.1, -0.05) is 30.0 Å². The molecule has 0 spiro atoms. The Kier molecular flexibility index (Phi) is 6.31. The maximum Gasteiger partial charge on any atom is 0.234 e. The molecule has 1 amide bonds. The molecule has 27 heavy (non-hydrogen) atoms. The average molecular weight is 401 g/mol. The number of aromatic nitrogens is 3. The number of rotatable bonds is 8. The number of carbonyl (C=O) groups is 1. The molecular weight excluding hydrogens is 380 g/mol. The van der Waals surface area contributed by atoms with Crippen molar-refractivity contribution >= 4 is 34.7 Å². The molecule has 0 aliphatic heterocycles. The Labute approximate surface area is 166 Å². The minimum Gasteiger partial charge on any atom is -0.495 e. The van der Waals surface area contributed by atoms with Gasteiger partial charge in [0.25, 0.3) is 0 Å². The van der Waals surface area contributed by atoms with Gasteiger partial charge in [0.2, 0.25) is 5.91 Å². The van der Waals surface area contributed by atoms with Gasteiger partial charge in [-0.3, -0.25) is 9.36 Å². The molecule has 0 bridgehead atoms. The van der Waals surface area contributed by atoms with E-state index in [2.05, 4.69) is 40.5 Å². The third-order valence-corrected chi connectivity index (χ3v) is 5.56. The van der Waals surface area contributed by atoms with E-state index in [1.165, 1.54) is 16.6 Å². The van der Waals surface area contributed by atoms with Crippen LogP contribution in [0.1, 0.15) is 4.88 Å². The van der Waals surface area contributed by atoms with Gasteiger partial charge in [0, 0.05) is 22.4 Å². The van der Waals surface area contributed by atoms with E-state index in [4.69, 9.17) is 4.74 Å². The van der Waals surface area contributed by atoms with Crippen molar-refractivity contribution < 1.29 is 9.53 Å². The van der Waals surface area contributed by atoms with Gasteiger partial charge in [-0.25, -0.2) is 0 Å². The molecule has 1 N–H and O–H groups in total. The van der Waals surface area contributed by atoms with Crippen LogP contribution in [-0.2, 0) is 11.3 Å². The van der Waals surface area contributed by atoms with E-state index >= 15 is 0 Å². The number of benzene rings is 1. The minimum atomic E-state index is -0.134. The molecule has 3 aromatic rings. The summed E-state index contributed by atoms with van der Waals surface area (Å²) in [6, 6.07) is 9.39. The number of hydrogen-bond acceptors (Lipinski definition) is 6. The van der Waals surface area contributed by atoms with Crippen LogP contribution in [0, 0.1) is 6.92 Å². The Morgan fingerprint density at radius 2 is 2.22 bits per heavy atom. The van der Waals surface area contributed by atoms with Crippen molar-refractivity contribution in [1.29, 1.82) is 0 Å². The normalized spacial score (nSPS) is 10.6. The number of thiophene rings is 1. The molecule has 2 aromatic heterocycles. The maximum atomic E-state index is 12.3. The van der Waals surface area contributed by atoms with E-state index in [1.807, 2.05) is 16.7 Å². The number of allylic oxidation sites excluding steroid dienone is 1. The molecule has 0 radical (unpaired) electrons. The molecule has 0 atom stereocenters. The first-order chi connectivity index (χ1) is 13.1. The first-order valence-electron chi connectivity index (χ1n) is 8.27. The molecule has 0 unspecified atom stereocenters. The quantitative estimate of drug-likeness (QED) is 0.452. The lowest BCUT2D eigenvalue weighted by Crippen LogP contribution is -2.15. The minimum absolute atomic E-state index is 0.134. The number of ether oxygens (including phenoxy) is 1. The molecule has 0 aliphatic rings. The Hall–Kier alpha value is -2.58. The summed E-state index contributed by atoms with van der Waals surface area (Å²) in [5.41, 5.74) is 1.67. The van der Waals surface area contributed by atoms with Crippen molar-refractivity contribution in [2.45, 2.75) is 18.6 Å². The summed E-state index contributed by atoms with van der Waals surface area (Å²) >= 11 is 3.01. The monoisotopic (exact) mass is 400 g/mol. The van der Waals surface area contributed by atoms with Crippen LogP contribution in [0.3, 0.4) is 0 Å². The summed E-state index contributed by atoms with van der Waals surface area (Å²) in [6.45, 7) is 6.44. The molecule has 0 saturated carbocycles. The van der Waals surface area contributed by atoms with Gasteiger partial charge < -0.3 is 10.1 Å². The van der Waals surface area contributed by atoms with Crippen LogP contribution < -0.4 is 10.1 Å². The van der Waals surface area contributed by atoms with Crippen molar-refractivity contribution in [3.8, 4) is 17.1 Å². The van der Waals surface area contributed by atoms with Crippen molar-refractivity contribution in [1.82, 2.24) is 14.8 Å². The lowest BCUT2D eigenvalue weighted by Gasteiger charge is -2.10. The molecular formula is C19H20N4O2S2. The topological polar surface area (TPSA) is 69.0 Å².